The third kappa shape index (κ3) is 3.95. The summed E-state index contributed by atoms with van der Waals surface area (Å²) in [5.41, 5.74) is 1.90. The van der Waals surface area contributed by atoms with Gasteiger partial charge in [-0.3, -0.25) is 9.59 Å². The zero-order valence-electron chi connectivity index (χ0n) is 15.0. The van der Waals surface area contributed by atoms with E-state index in [1.807, 2.05) is 12.1 Å². The number of hydrazone groups is 1. The second kappa shape index (κ2) is 7.67. The molecule has 28 heavy (non-hydrogen) atoms. The highest BCUT2D eigenvalue weighted by Gasteiger charge is 2.24. The van der Waals surface area contributed by atoms with E-state index in [1.165, 1.54) is 17.1 Å². The van der Waals surface area contributed by atoms with Crippen LogP contribution in [-0.4, -0.2) is 29.3 Å². The first-order valence-corrected chi connectivity index (χ1v) is 8.87. The van der Waals surface area contributed by atoms with Gasteiger partial charge in [0.25, 0.3) is 5.91 Å². The van der Waals surface area contributed by atoms with Gasteiger partial charge in [0.15, 0.2) is 11.5 Å². The van der Waals surface area contributed by atoms with E-state index in [0.717, 1.165) is 11.1 Å². The van der Waals surface area contributed by atoms with E-state index in [1.54, 1.807) is 18.2 Å². The summed E-state index contributed by atoms with van der Waals surface area (Å²) in [7, 11) is 0. The van der Waals surface area contributed by atoms with Crippen LogP contribution in [-0.2, 0) is 22.7 Å². The molecule has 0 radical (unpaired) electrons. The second-order valence-corrected chi connectivity index (χ2v) is 6.49. The molecule has 0 bridgehead atoms. The average Bonchev–Trinajstić information content (AvgIpc) is 3.17. The summed E-state index contributed by atoms with van der Waals surface area (Å²) in [6.07, 6.45) is 0.489. The van der Waals surface area contributed by atoms with Crippen LogP contribution in [0, 0.1) is 5.82 Å². The van der Waals surface area contributed by atoms with Gasteiger partial charge >= 0.3 is 0 Å². The zero-order valence-corrected chi connectivity index (χ0v) is 15.0. The molecule has 2 heterocycles. The van der Waals surface area contributed by atoms with Crippen molar-refractivity contribution in [3.05, 3.63) is 59.4 Å². The van der Waals surface area contributed by atoms with Gasteiger partial charge in [0.05, 0.1) is 6.54 Å². The number of ether oxygens (including phenoxy) is 2. The number of halogens is 1. The van der Waals surface area contributed by atoms with Gasteiger partial charge in [0, 0.05) is 19.4 Å². The number of hydrogen-bond acceptors (Lipinski definition) is 5. The van der Waals surface area contributed by atoms with Gasteiger partial charge < -0.3 is 14.8 Å². The van der Waals surface area contributed by atoms with Crippen LogP contribution in [0.1, 0.15) is 24.0 Å². The van der Waals surface area contributed by atoms with Crippen LogP contribution in [0.15, 0.2) is 47.6 Å². The highest BCUT2D eigenvalue weighted by atomic mass is 19.1. The Labute approximate surface area is 160 Å². The maximum Gasteiger partial charge on any atom is 0.267 e. The molecule has 1 N–H and O–H groups in total. The molecular weight excluding hydrogens is 365 g/mol. The molecule has 0 aromatic heterocycles. The van der Waals surface area contributed by atoms with Gasteiger partial charge in [0.1, 0.15) is 11.5 Å². The Bertz CT molecular complexity index is 943. The lowest BCUT2D eigenvalue weighted by molar-refractivity contribution is -0.132. The van der Waals surface area contributed by atoms with Gasteiger partial charge in [-0.05, 0) is 35.4 Å². The topological polar surface area (TPSA) is 80.2 Å². The minimum Gasteiger partial charge on any atom is -0.454 e. The SMILES string of the molecule is O=C(NCc1ccc2c(c1)OCO2)C1=NN(Cc2ccc(F)cc2)C(=O)CC1. The lowest BCUT2D eigenvalue weighted by Crippen LogP contribution is -2.38. The molecule has 8 heteroatoms. The van der Waals surface area contributed by atoms with Crippen molar-refractivity contribution in [2.24, 2.45) is 5.10 Å². The van der Waals surface area contributed by atoms with E-state index in [-0.39, 0.29) is 43.8 Å². The standard InChI is InChI=1S/C20H18FN3O4/c21-15-4-1-13(2-5-15)11-24-19(25)8-6-16(23-24)20(26)22-10-14-3-7-17-18(9-14)28-12-27-17/h1-5,7,9H,6,8,10-12H2,(H,22,26). The highest BCUT2D eigenvalue weighted by molar-refractivity contribution is 6.39. The van der Waals surface area contributed by atoms with Crippen molar-refractivity contribution in [2.45, 2.75) is 25.9 Å². The Balaban J connectivity index is 1.40. The smallest absolute Gasteiger partial charge is 0.267 e. The van der Waals surface area contributed by atoms with Crippen LogP contribution in [0.2, 0.25) is 0 Å². The van der Waals surface area contributed by atoms with Crippen molar-refractivity contribution in [2.75, 3.05) is 6.79 Å². The van der Waals surface area contributed by atoms with Gasteiger partial charge in [-0.2, -0.15) is 5.10 Å². The number of benzene rings is 2. The molecule has 2 aliphatic rings. The fourth-order valence-electron chi connectivity index (χ4n) is 2.99. The molecule has 7 nitrogen and oxygen atoms in total. The third-order valence-corrected chi connectivity index (χ3v) is 4.50. The fraction of sp³-hybridized carbons (Fsp3) is 0.250. The van der Waals surface area contributed by atoms with Gasteiger partial charge in [-0.1, -0.05) is 18.2 Å². The van der Waals surface area contributed by atoms with Crippen LogP contribution in [0.25, 0.3) is 0 Å². The van der Waals surface area contributed by atoms with Crippen molar-refractivity contribution in [1.29, 1.82) is 0 Å². The summed E-state index contributed by atoms with van der Waals surface area (Å²) in [6.45, 7) is 0.693. The number of carbonyl (C=O) groups is 2. The minimum absolute atomic E-state index is 0.170. The number of fused-ring (bicyclic) bond motifs is 1. The van der Waals surface area contributed by atoms with Crippen molar-refractivity contribution >= 4 is 17.5 Å². The van der Waals surface area contributed by atoms with Crippen LogP contribution in [0.4, 0.5) is 4.39 Å². The van der Waals surface area contributed by atoms with E-state index in [9.17, 15) is 14.0 Å². The largest absolute Gasteiger partial charge is 0.454 e. The van der Waals surface area contributed by atoms with Gasteiger partial charge in [-0.25, -0.2) is 9.40 Å². The molecule has 0 atom stereocenters. The molecule has 0 saturated carbocycles. The molecule has 144 valence electrons. The fourth-order valence-corrected chi connectivity index (χ4v) is 2.99. The van der Waals surface area contributed by atoms with Crippen molar-refractivity contribution in [1.82, 2.24) is 10.3 Å². The molecule has 0 aliphatic carbocycles. The van der Waals surface area contributed by atoms with Crippen LogP contribution in [0.3, 0.4) is 0 Å². The molecule has 0 spiro atoms. The molecular formula is C20H18FN3O4. The first kappa shape index (κ1) is 18.0. The number of hydrogen-bond donors (Lipinski definition) is 1. The van der Waals surface area contributed by atoms with Crippen molar-refractivity contribution in [3.63, 3.8) is 0 Å². The first-order chi connectivity index (χ1) is 13.6. The molecule has 0 fully saturated rings. The van der Waals surface area contributed by atoms with E-state index in [2.05, 4.69) is 10.4 Å². The van der Waals surface area contributed by atoms with Crippen LogP contribution < -0.4 is 14.8 Å². The number of carbonyl (C=O) groups excluding carboxylic acids is 2. The molecule has 2 amide bonds. The maximum absolute atomic E-state index is 13.0. The molecule has 0 unspecified atom stereocenters. The van der Waals surface area contributed by atoms with E-state index in [4.69, 9.17) is 9.47 Å². The number of nitrogens with one attached hydrogen (secondary N) is 1. The van der Waals surface area contributed by atoms with E-state index < -0.39 is 0 Å². The summed E-state index contributed by atoms with van der Waals surface area (Å²) >= 11 is 0. The first-order valence-electron chi connectivity index (χ1n) is 8.87. The Morgan fingerprint density at radius 3 is 2.64 bits per heavy atom. The summed E-state index contributed by atoms with van der Waals surface area (Å²) in [5.74, 6) is 0.492. The Morgan fingerprint density at radius 2 is 1.82 bits per heavy atom. The predicted octanol–water partition coefficient (Wildman–Crippen LogP) is 2.35. The predicted molar refractivity (Wildman–Crippen MR) is 98.0 cm³/mol. The summed E-state index contributed by atoms with van der Waals surface area (Å²) in [6, 6.07) is 11.3. The minimum atomic E-state index is -0.346. The number of rotatable bonds is 5. The van der Waals surface area contributed by atoms with Crippen LogP contribution >= 0.6 is 0 Å². The Morgan fingerprint density at radius 1 is 1.07 bits per heavy atom. The van der Waals surface area contributed by atoms with Gasteiger partial charge in [-0.15, -0.1) is 0 Å². The molecule has 2 aromatic carbocycles. The maximum atomic E-state index is 13.0. The molecule has 2 aliphatic heterocycles. The second-order valence-electron chi connectivity index (χ2n) is 6.49. The zero-order chi connectivity index (χ0) is 19.5. The van der Waals surface area contributed by atoms with Crippen molar-refractivity contribution in [3.8, 4) is 11.5 Å². The summed E-state index contributed by atoms with van der Waals surface area (Å²) in [5, 5.41) is 8.27. The molecule has 0 saturated heterocycles. The average molecular weight is 383 g/mol. The van der Waals surface area contributed by atoms with E-state index in [0.29, 0.717) is 23.8 Å². The monoisotopic (exact) mass is 383 g/mol. The molecule has 2 aromatic rings. The van der Waals surface area contributed by atoms with Crippen molar-refractivity contribution < 1.29 is 23.5 Å². The highest BCUT2D eigenvalue weighted by Crippen LogP contribution is 2.32. The Hall–Kier alpha value is -3.42. The third-order valence-electron chi connectivity index (χ3n) is 4.50. The molecule has 4 rings (SSSR count). The number of nitrogens with zero attached hydrogens (tertiary/aromatic N) is 2. The quantitative estimate of drug-likeness (QED) is 0.860. The van der Waals surface area contributed by atoms with Crippen LogP contribution in [0.5, 0.6) is 11.5 Å². The Kier molecular flexibility index (Phi) is 4.92. The van der Waals surface area contributed by atoms with E-state index >= 15 is 0 Å². The lowest BCUT2D eigenvalue weighted by Gasteiger charge is -2.23. The normalized spacial score (nSPS) is 15.4. The number of amides is 2. The summed E-state index contributed by atoms with van der Waals surface area (Å²) in [4.78, 5) is 24.6. The lowest BCUT2D eigenvalue weighted by atomic mass is 10.1. The van der Waals surface area contributed by atoms with Gasteiger partial charge in [0.2, 0.25) is 12.7 Å². The summed E-state index contributed by atoms with van der Waals surface area (Å²) < 4.78 is 23.6.